The molecule has 2 aromatic rings. The van der Waals surface area contributed by atoms with Crippen molar-refractivity contribution in [2.75, 3.05) is 64.8 Å². The van der Waals surface area contributed by atoms with Crippen LogP contribution in [0.15, 0.2) is 31.0 Å². The first-order valence-corrected chi connectivity index (χ1v) is 13.4. The van der Waals surface area contributed by atoms with E-state index in [9.17, 15) is 4.79 Å². The number of rotatable bonds is 10. The topological polar surface area (TPSA) is 73.8 Å². The van der Waals surface area contributed by atoms with Crippen molar-refractivity contribution in [2.45, 2.75) is 32.7 Å². The monoisotopic (exact) mass is 498 g/mol. The molecule has 2 aliphatic heterocycles. The maximum absolute atomic E-state index is 12.1. The van der Waals surface area contributed by atoms with Gasteiger partial charge in [-0.25, -0.2) is 9.97 Å². The second-order valence-corrected chi connectivity index (χ2v) is 10.8. The minimum Gasteiger partial charge on any atom is -0.383 e. The predicted octanol–water partition coefficient (Wildman–Crippen LogP) is 3.32. The summed E-state index contributed by atoms with van der Waals surface area (Å²) in [5.74, 6) is 1.29. The van der Waals surface area contributed by atoms with Crippen LogP contribution < -0.4 is 5.32 Å². The largest absolute Gasteiger partial charge is 0.383 e. The molecule has 190 valence electrons. The highest BCUT2D eigenvalue weighted by molar-refractivity contribution is 7.15. The number of thiazole rings is 1. The average Bonchev–Trinajstić information content (AvgIpc) is 3.27. The summed E-state index contributed by atoms with van der Waals surface area (Å²) in [7, 11) is 1.76. The Labute approximate surface area is 213 Å². The average molecular weight is 499 g/mol. The van der Waals surface area contributed by atoms with Crippen molar-refractivity contribution >= 4 is 28.2 Å². The third-order valence-corrected chi connectivity index (χ3v) is 7.61. The lowest BCUT2D eigenvalue weighted by molar-refractivity contribution is -0.127. The zero-order valence-corrected chi connectivity index (χ0v) is 21.9. The smallest absolute Gasteiger partial charge is 0.245 e. The second-order valence-electron chi connectivity index (χ2n) is 9.56. The SMILES string of the molecule is C=CC(=O)N1CCC[C@H](Cc2cc(CN3CCN(CCOC)CC3)cc(Nc3ncc(C)s3)n2)C1. The maximum Gasteiger partial charge on any atom is 0.245 e. The van der Waals surface area contributed by atoms with Gasteiger partial charge in [-0.3, -0.25) is 14.6 Å². The summed E-state index contributed by atoms with van der Waals surface area (Å²) < 4.78 is 5.23. The summed E-state index contributed by atoms with van der Waals surface area (Å²) in [6.45, 7) is 14.2. The Morgan fingerprint density at radius 2 is 2.06 bits per heavy atom. The third-order valence-electron chi connectivity index (χ3n) is 6.78. The molecule has 0 spiro atoms. The molecular weight excluding hydrogens is 460 g/mol. The van der Waals surface area contributed by atoms with Crippen molar-refractivity contribution < 1.29 is 9.53 Å². The van der Waals surface area contributed by atoms with Gasteiger partial charge in [0, 0.05) is 76.2 Å². The number of methoxy groups -OCH3 is 1. The van der Waals surface area contributed by atoms with Crippen molar-refractivity contribution in [1.29, 1.82) is 0 Å². The first kappa shape index (κ1) is 25.8. The molecule has 2 aromatic heterocycles. The molecule has 4 heterocycles. The third kappa shape index (κ3) is 7.57. The van der Waals surface area contributed by atoms with E-state index < -0.39 is 0 Å². The van der Waals surface area contributed by atoms with Crippen LogP contribution in [0.4, 0.5) is 10.9 Å². The van der Waals surface area contributed by atoms with Crippen molar-refractivity contribution in [1.82, 2.24) is 24.7 Å². The van der Waals surface area contributed by atoms with Gasteiger partial charge in [-0.15, -0.1) is 11.3 Å². The normalized spacial score (nSPS) is 19.6. The molecule has 1 N–H and O–H groups in total. The number of carbonyl (C=O) groups is 1. The lowest BCUT2D eigenvalue weighted by atomic mass is 9.92. The highest BCUT2D eigenvalue weighted by Crippen LogP contribution is 2.25. The van der Waals surface area contributed by atoms with Crippen molar-refractivity contribution in [3.8, 4) is 0 Å². The van der Waals surface area contributed by atoms with Crippen LogP contribution in [0.3, 0.4) is 0 Å². The molecule has 1 atom stereocenters. The van der Waals surface area contributed by atoms with Gasteiger partial charge in [0.05, 0.1) is 6.61 Å². The molecule has 2 aliphatic rings. The fourth-order valence-electron chi connectivity index (χ4n) is 4.94. The standard InChI is InChI=1S/C26H38N6O2S/c1-4-25(33)32-7-5-6-21(19-32)14-23-15-22(16-24(28-23)29-26-27-17-20(2)35-26)18-31-10-8-30(9-11-31)12-13-34-3/h4,15-17,21H,1,5-14,18-19H2,2-3H3,(H,27,28,29)/t21-/m1/s1. The second kappa shape index (κ2) is 12.6. The van der Waals surface area contributed by atoms with E-state index in [-0.39, 0.29) is 5.91 Å². The molecular formula is C26H38N6O2S. The number of anilines is 2. The molecule has 9 heteroatoms. The van der Waals surface area contributed by atoms with Crippen molar-refractivity contribution in [2.24, 2.45) is 5.92 Å². The molecule has 35 heavy (non-hydrogen) atoms. The Morgan fingerprint density at radius 1 is 1.26 bits per heavy atom. The van der Waals surface area contributed by atoms with Crippen LogP contribution in [-0.4, -0.2) is 90.1 Å². The zero-order chi connectivity index (χ0) is 24.6. The Balaban J connectivity index is 1.45. The van der Waals surface area contributed by atoms with Gasteiger partial charge in [0.15, 0.2) is 5.13 Å². The number of hydrogen-bond donors (Lipinski definition) is 1. The van der Waals surface area contributed by atoms with Gasteiger partial charge in [0.2, 0.25) is 5.91 Å². The molecule has 2 fully saturated rings. The first-order valence-electron chi connectivity index (χ1n) is 12.6. The number of ether oxygens (including phenoxy) is 1. The first-order chi connectivity index (χ1) is 17.0. The van der Waals surface area contributed by atoms with Crippen LogP contribution in [0, 0.1) is 12.8 Å². The van der Waals surface area contributed by atoms with E-state index in [1.165, 1.54) is 16.5 Å². The Bertz CT molecular complexity index is 988. The number of pyridine rings is 1. The predicted molar refractivity (Wildman–Crippen MR) is 141 cm³/mol. The molecule has 0 unspecified atom stereocenters. The summed E-state index contributed by atoms with van der Waals surface area (Å²) in [4.78, 5) is 29.6. The lowest BCUT2D eigenvalue weighted by Gasteiger charge is -2.34. The van der Waals surface area contributed by atoms with Crippen LogP contribution >= 0.6 is 11.3 Å². The van der Waals surface area contributed by atoms with Crippen LogP contribution in [0.2, 0.25) is 0 Å². The highest BCUT2D eigenvalue weighted by Gasteiger charge is 2.24. The zero-order valence-electron chi connectivity index (χ0n) is 21.0. The van der Waals surface area contributed by atoms with Crippen LogP contribution in [0.5, 0.6) is 0 Å². The van der Waals surface area contributed by atoms with Crippen LogP contribution in [0.25, 0.3) is 0 Å². The van der Waals surface area contributed by atoms with Gasteiger partial charge in [-0.2, -0.15) is 0 Å². The fourth-order valence-corrected chi connectivity index (χ4v) is 5.61. The Hall–Kier alpha value is -2.33. The fraction of sp³-hybridized carbons (Fsp3) is 0.577. The van der Waals surface area contributed by atoms with Crippen molar-refractivity contribution in [3.05, 3.63) is 47.1 Å². The van der Waals surface area contributed by atoms with E-state index in [1.54, 1.807) is 18.4 Å². The summed E-state index contributed by atoms with van der Waals surface area (Å²) in [6, 6.07) is 4.41. The molecule has 8 nitrogen and oxygen atoms in total. The molecule has 0 saturated carbocycles. The number of nitrogens with one attached hydrogen (secondary N) is 1. The van der Waals surface area contributed by atoms with E-state index in [0.717, 1.165) is 94.9 Å². The number of amides is 1. The number of likely N-dealkylation sites (tertiary alicyclic amines) is 1. The summed E-state index contributed by atoms with van der Waals surface area (Å²) >= 11 is 1.64. The van der Waals surface area contributed by atoms with Gasteiger partial charge >= 0.3 is 0 Å². The molecule has 0 bridgehead atoms. The number of piperazine rings is 1. The molecule has 1 amide bonds. The molecule has 4 rings (SSSR count). The van der Waals surface area contributed by atoms with Gasteiger partial charge in [-0.05, 0) is 55.9 Å². The van der Waals surface area contributed by atoms with Gasteiger partial charge in [0.25, 0.3) is 0 Å². The maximum atomic E-state index is 12.1. The summed E-state index contributed by atoms with van der Waals surface area (Å²) in [5.41, 5.74) is 2.35. The Morgan fingerprint density at radius 3 is 2.77 bits per heavy atom. The number of carbonyl (C=O) groups excluding carboxylic acids is 1. The van der Waals surface area contributed by atoms with E-state index in [4.69, 9.17) is 9.72 Å². The molecule has 0 aliphatic carbocycles. The Kier molecular flexibility index (Phi) is 9.25. The van der Waals surface area contributed by atoms with E-state index in [2.05, 4.69) is 45.7 Å². The number of hydrogen-bond acceptors (Lipinski definition) is 8. The summed E-state index contributed by atoms with van der Waals surface area (Å²) in [5, 5.41) is 4.29. The molecule has 0 aromatic carbocycles. The van der Waals surface area contributed by atoms with E-state index >= 15 is 0 Å². The summed E-state index contributed by atoms with van der Waals surface area (Å²) in [6.07, 6.45) is 6.32. The number of aryl methyl sites for hydroxylation is 1. The van der Waals surface area contributed by atoms with E-state index in [1.807, 2.05) is 11.1 Å². The number of piperidine rings is 1. The highest BCUT2D eigenvalue weighted by atomic mass is 32.1. The minimum atomic E-state index is 0.0301. The molecule has 2 saturated heterocycles. The van der Waals surface area contributed by atoms with Gasteiger partial charge < -0.3 is 15.0 Å². The quantitative estimate of drug-likeness (QED) is 0.504. The lowest BCUT2D eigenvalue weighted by Crippen LogP contribution is -2.46. The van der Waals surface area contributed by atoms with Crippen LogP contribution in [0.1, 0.15) is 29.0 Å². The minimum absolute atomic E-state index is 0.0301. The van der Waals surface area contributed by atoms with Gasteiger partial charge in [0.1, 0.15) is 5.82 Å². The van der Waals surface area contributed by atoms with E-state index in [0.29, 0.717) is 5.92 Å². The van der Waals surface area contributed by atoms with Crippen LogP contribution in [-0.2, 0) is 22.5 Å². The number of nitrogens with zero attached hydrogens (tertiary/aromatic N) is 5. The number of aromatic nitrogens is 2. The van der Waals surface area contributed by atoms with Crippen molar-refractivity contribution in [3.63, 3.8) is 0 Å². The molecule has 0 radical (unpaired) electrons. The van der Waals surface area contributed by atoms with Gasteiger partial charge in [-0.1, -0.05) is 6.58 Å².